The third-order valence-electron chi connectivity index (χ3n) is 3.46. The lowest BCUT2D eigenvalue weighted by atomic mass is 9.99. The van der Waals surface area contributed by atoms with Crippen LogP contribution in [0.2, 0.25) is 0 Å². The lowest BCUT2D eigenvalue weighted by Gasteiger charge is -2.21. The van der Waals surface area contributed by atoms with Crippen molar-refractivity contribution in [3.63, 3.8) is 0 Å². The molecule has 0 spiro atoms. The molecule has 1 N–H and O–H groups in total. The highest BCUT2D eigenvalue weighted by Gasteiger charge is 2.21. The maximum atomic E-state index is 12.2. The highest BCUT2D eigenvalue weighted by Crippen LogP contribution is 2.23. The second-order valence-corrected chi connectivity index (χ2v) is 5.05. The van der Waals surface area contributed by atoms with Gasteiger partial charge < -0.3 is 14.8 Å². The topological polar surface area (TPSA) is 73.3 Å². The van der Waals surface area contributed by atoms with Crippen molar-refractivity contribution in [3.8, 4) is 11.6 Å². The lowest BCUT2D eigenvalue weighted by molar-refractivity contribution is -0.122. The van der Waals surface area contributed by atoms with Crippen molar-refractivity contribution in [2.45, 2.75) is 12.8 Å². The minimum absolute atomic E-state index is 0.0123. The average Bonchev–Trinajstić information content (AvgIpc) is 2.57. The number of aromatic nitrogens is 2. The summed E-state index contributed by atoms with van der Waals surface area (Å²) in [6, 6.07) is 7.23. The maximum Gasteiger partial charge on any atom is 0.237 e. The van der Waals surface area contributed by atoms with Crippen molar-refractivity contribution in [2.75, 3.05) is 18.5 Å². The van der Waals surface area contributed by atoms with E-state index >= 15 is 0 Å². The number of amides is 1. The van der Waals surface area contributed by atoms with E-state index in [0.29, 0.717) is 30.5 Å². The Kier molecular flexibility index (Phi) is 4.60. The Morgan fingerprint density at radius 3 is 2.91 bits per heavy atom. The van der Waals surface area contributed by atoms with Crippen molar-refractivity contribution in [1.29, 1.82) is 0 Å². The van der Waals surface area contributed by atoms with Gasteiger partial charge in [-0.15, -0.1) is 0 Å². The number of benzene rings is 1. The van der Waals surface area contributed by atoms with Gasteiger partial charge in [0.1, 0.15) is 5.75 Å². The molecule has 1 fully saturated rings. The Balaban J connectivity index is 1.64. The van der Waals surface area contributed by atoms with Gasteiger partial charge in [-0.2, -0.15) is 0 Å². The number of hydrogen-bond donors (Lipinski definition) is 1. The number of rotatable bonds is 4. The molecule has 0 atom stereocenters. The highest BCUT2D eigenvalue weighted by atomic mass is 16.5. The van der Waals surface area contributed by atoms with Crippen LogP contribution >= 0.6 is 0 Å². The van der Waals surface area contributed by atoms with Crippen molar-refractivity contribution < 1.29 is 14.3 Å². The number of hydrogen-bond acceptors (Lipinski definition) is 5. The molecule has 114 valence electrons. The van der Waals surface area contributed by atoms with Gasteiger partial charge in [-0.25, -0.2) is 4.98 Å². The number of carbonyl (C=O) groups is 1. The molecular formula is C16H17N3O3. The van der Waals surface area contributed by atoms with Gasteiger partial charge in [-0.1, -0.05) is 6.07 Å². The zero-order valence-corrected chi connectivity index (χ0v) is 12.1. The molecule has 1 saturated heterocycles. The molecule has 3 rings (SSSR count). The van der Waals surface area contributed by atoms with Crippen LogP contribution in [0, 0.1) is 5.92 Å². The van der Waals surface area contributed by atoms with Gasteiger partial charge in [-0.3, -0.25) is 9.78 Å². The van der Waals surface area contributed by atoms with Crippen LogP contribution < -0.4 is 10.1 Å². The summed E-state index contributed by atoms with van der Waals surface area (Å²) >= 11 is 0. The Hall–Kier alpha value is -2.47. The van der Waals surface area contributed by atoms with Gasteiger partial charge in [0.15, 0.2) is 0 Å². The first kappa shape index (κ1) is 14.5. The van der Waals surface area contributed by atoms with Gasteiger partial charge in [0, 0.05) is 43.3 Å². The number of nitrogens with zero attached hydrogens (tertiary/aromatic N) is 2. The fraction of sp³-hybridized carbons (Fsp3) is 0.312. The Morgan fingerprint density at radius 1 is 1.27 bits per heavy atom. The zero-order chi connectivity index (χ0) is 15.2. The molecule has 0 unspecified atom stereocenters. The van der Waals surface area contributed by atoms with E-state index in [1.54, 1.807) is 24.5 Å². The van der Waals surface area contributed by atoms with E-state index in [4.69, 9.17) is 9.47 Å². The Morgan fingerprint density at radius 2 is 2.14 bits per heavy atom. The molecule has 1 aromatic carbocycles. The first-order chi connectivity index (χ1) is 10.8. The van der Waals surface area contributed by atoms with Crippen LogP contribution in [-0.4, -0.2) is 29.1 Å². The standard InChI is InChI=1S/C16H17N3O3/c20-16(12-4-8-21-9-5-12)19-13-2-1-3-14(10-13)22-15-11-17-6-7-18-15/h1-3,6-7,10-12H,4-5,8-9H2,(H,19,20). The fourth-order valence-corrected chi connectivity index (χ4v) is 2.30. The third-order valence-corrected chi connectivity index (χ3v) is 3.46. The molecule has 1 aromatic heterocycles. The molecule has 0 aliphatic carbocycles. The Bertz CT molecular complexity index is 628. The molecule has 1 aliphatic heterocycles. The predicted molar refractivity (Wildman–Crippen MR) is 80.7 cm³/mol. The summed E-state index contributed by atoms with van der Waals surface area (Å²) < 4.78 is 10.9. The monoisotopic (exact) mass is 299 g/mol. The van der Waals surface area contributed by atoms with Crippen LogP contribution in [0.1, 0.15) is 12.8 Å². The van der Waals surface area contributed by atoms with Crippen LogP contribution in [0.15, 0.2) is 42.9 Å². The summed E-state index contributed by atoms with van der Waals surface area (Å²) in [4.78, 5) is 20.2. The van der Waals surface area contributed by atoms with E-state index in [0.717, 1.165) is 12.8 Å². The first-order valence-electron chi connectivity index (χ1n) is 7.24. The van der Waals surface area contributed by atoms with Gasteiger partial charge in [-0.05, 0) is 25.0 Å². The van der Waals surface area contributed by atoms with Crippen molar-refractivity contribution >= 4 is 11.6 Å². The third kappa shape index (κ3) is 3.79. The predicted octanol–water partition coefficient (Wildman–Crippen LogP) is 2.63. The minimum atomic E-state index is 0.0123. The van der Waals surface area contributed by atoms with E-state index in [9.17, 15) is 4.79 Å². The lowest BCUT2D eigenvalue weighted by Crippen LogP contribution is -2.28. The summed E-state index contributed by atoms with van der Waals surface area (Å²) in [5.74, 6) is 1.05. The summed E-state index contributed by atoms with van der Waals surface area (Å²) in [5.41, 5.74) is 0.706. The molecule has 1 aliphatic rings. The van der Waals surface area contributed by atoms with Crippen LogP contribution in [0.3, 0.4) is 0 Å². The van der Waals surface area contributed by atoms with E-state index in [2.05, 4.69) is 15.3 Å². The molecular weight excluding hydrogens is 282 g/mol. The van der Waals surface area contributed by atoms with Crippen molar-refractivity contribution in [1.82, 2.24) is 9.97 Å². The maximum absolute atomic E-state index is 12.2. The van der Waals surface area contributed by atoms with Crippen molar-refractivity contribution in [2.24, 2.45) is 5.92 Å². The highest BCUT2D eigenvalue weighted by molar-refractivity contribution is 5.92. The summed E-state index contributed by atoms with van der Waals surface area (Å²) in [5, 5.41) is 2.93. The average molecular weight is 299 g/mol. The molecule has 2 heterocycles. The second-order valence-electron chi connectivity index (χ2n) is 5.05. The number of anilines is 1. The van der Waals surface area contributed by atoms with Crippen LogP contribution in [0.5, 0.6) is 11.6 Å². The SMILES string of the molecule is O=C(Nc1cccc(Oc2cnccn2)c1)C1CCOCC1. The van der Waals surface area contributed by atoms with E-state index < -0.39 is 0 Å². The van der Waals surface area contributed by atoms with Gasteiger partial charge >= 0.3 is 0 Å². The number of carbonyl (C=O) groups excluding carboxylic acids is 1. The van der Waals surface area contributed by atoms with Gasteiger partial charge in [0.2, 0.25) is 11.8 Å². The van der Waals surface area contributed by atoms with Gasteiger partial charge in [0.05, 0.1) is 6.20 Å². The molecule has 2 aromatic rings. The van der Waals surface area contributed by atoms with Crippen molar-refractivity contribution in [3.05, 3.63) is 42.9 Å². The quantitative estimate of drug-likeness (QED) is 0.939. The zero-order valence-electron chi connectivity index (χ0n) is 12.1. The first-order valence-corrected chi connectivity index (χ1v) is 7.24. The van der Waals surface area contributed by atoms with E-state index in [-0.39, 0.29) is 11.8 Å². The summed E-state index contributed by atoms with van der Waals surface area (Å²) in [7, 11) is 0. The van der Waals surface area contributed by atoms with Crippen LogP contribution in [-0.2, 0) is 9.53 Å². The largest absolute Gasteiger partial charge is 0.437 e. The smallest absolute Gasteiger partial charge is 0.237 e. The Labute approximate surface area is 128 Å². The second kappa shape index (κ2) is 7.00. The molecule has 22 heavy (non-hydrogen) atoms. The molecule has 1 amide bonds. The van der Waals surface area contributed by atoms with Gasteiger partial charge in [0.25, 0.3) is 0 Å². The fourth-order valence-electron chi connectivity index (χ4n) is 2.30. The molecule has 6 heteroatoms. The van der Waals surface area contributed by atoms with E-state index in [1.165, 1.54) is 6.20 Å². The summed E-state index contributed by atoms with van der Waals surface area (Å²) in [6.07, 6.45) is 6.21. The minimum Gasteiger partial charge on any atom is -0.437 e. The van der Waals surface area contributed by atoms with Crippen LogP contribution in [0.25, 0.3) is 0 Å². The molecule has 6 nitrogen and oxygen atoms in total. The molecule has 0 bridgehead atoms. The molecule has 0 saturated carbocycles. The number of nitrogens with one attached hydrogen (secondary N) is 1. The normalized spacial score (nSPS) is 15.3. The molecule has 0 radical (unpaired) electrons. The van der Waals surface area contributed by atoms with E-state index in [1.807, 2.05) is 12.1 Å². The number of ether oxygens (including phenoxy) is 2. The van der Waals surface area contributed by atoms with Crippen LogP contribution in [0.4, 0.5) is 5.69 Å². The summed E-state index contributed by atoms with van der Waals surface area (Å²) in [6.45, 7) is 1.29.